The van der Waals surface area contributed by atoms with E-state index < -0.39 is 6.10 Å². The van der Waals surface area contributed by atoms with E-state index in [0.717, 1.165) is 30.5 Å². The van der Waals surface area contributed by atoms with Gasteiger partial charge in [-0.3, -0.25) is 4.79 Å². The Hall–Kier alpha value is -1.17. The van der Waals surface area contributed by atoms with E-state index in [-0.39, 0.29) is 30.2 Å². The zero-order chi connectivity index (χ0) is 14.8. The van der Waals surface area contributed by atoms with Crippen LogP contribution in [-0.2, 0) is 16.0 Å². The summed E-state index contributed by atoms with van der Waals surface area (Å²) >= 11 is 0. The lowest BCUT2D eigenvalue weighted by molar-refractivity contribution is -0.135. The van der Waals surface area contributed by atoms with Crippen molar-refractivity contribution in [2.24, 2.45) is 5.92 Å². The van der Waals surface area contributed by atoms with E-state index in [0.29, 0.717) is 19.1 Å². The maximum absolute atomic E-state index is 13.9. The zero-order valence-electron chi connectivity index (χ0n) is 12.6. The second kappa shape index (κ2) is 7.40. The molecule has 1 aliphatic heterocycles. The van der Waals surface area contributed by atoms with Crippen molar-refractivity contribution in [1.82, 2.24) is 10.6 Å². The van der Waals surface area contributed by atoms with Crippen molar-refractivity contribution in [3.63, 3.8) is 0 Å². The van der Waals surface area contributed by atoms with Crippen LogP contribution in [0.1, 0.15) is 30.5 Å². The number of hydrogen-bond donors (Lipinski definition) is 2. The Morgan fingerprint density at radius 2 is 2.27 bits per heavy atom. The summed E-state index contributed by atoms with van der Waals surface area (Å²) in [5.41, 5.74) is 1.65. The minimum absolute atomic E-state index is 0. The normalized spacial score (nSPS) is 27.5. The van der Waals surface area contributed by atoms with Crippen molar-refractivity contribution in [2.75, 3.05) is 19.7 Å². The first kappa shape index (κ1) is 17.2. The maximum atomic E-state index is 13.9. The fourth-order valence-corrected chi connectivity index (χ4v) is 3.18. The highest BCUT2D eigenvalue weighted by Gasteiger charge is 2.32. The molecule has 0 spiro atoms. The molecule has 1 aromatic rings. The maximum Gasteiger partial charge on any atom is 0.250 e. The van der Waals surface area contributed by atoms with Crippen molar-refractivity contribution < 1.29 is 13.9 Å². The Balaban J connectivity index is 0.00000176. The van der Waals surface area contributed by atoms with Gasteiger partial charge in [-0.1, -0.05) is 19.1 Å². The molecule has 3 rings (SSSR count). The number of carbonyl (C=O) groups is 1. The molecule has 6 heteroatoms. The van der Waals surface area contributed by atoms with Gasteiger partial charge in [0.1, 0.15) is 11.9 Å². The molecule has 2 N–H and O–H groups in total. The largest absolute Gasteiger partial charge is 0.366 e. The average molecular weight is 329 g/mol. The summed E-state index contributed by atoms with van der Waals surface area (Å²) in [6.45, 7) is 3.95. The zero-order valence-corrected chi connectivity index (χ0v) is 13.4. The van der Waals surface area contributed by atoms with Crippen molar-refractivity contribution >= 4 is 18.3 Å². The van der Waals surface area contributed by atoms with Gasteiger partial charge in [0.15, 0.2) is 0 Å². The fourth-order valence-electron chi connectivity index (χ4n) is 3.18. The first-order valence-corrected chi connectivity index (χ1v) is 7.57. The number of hydrogen-bond acceptors (Lipinski definition) is 3. The smallest absolute Gasteiger partial charge is 0.250 e. The van der Waals surface area contributed by atoms with Crippen LogP contribution in [0.3, 0.4) is 0 Å². The van der Waals surface area contributed by atoms with E-state index in [1.165, 1.54) is 6.07 Å². The Morgan fingerprint density at radius 1 is 1.45 bits per heavy atom. The molecule has 1 aliphatic carbocycles. The lowest BCUT2D eigenvalue weighted by Crippen LogP contribution is -2.49. The highest BCUT2D eigenvalue weighted by atomic mass is 35.5. The molecule has 0 aromatic heterocycles. The van der Waals surface area contributed by atoms with Crippen molar-refractivity contribution in [3.05, 3.63) is 35.1 Å². The lowest BCUT2D eigenvalue weighted by Gasteiger charge is -2.34. The number of nitrogens with one attached hydrogen (secondary N) is 2. The summed E-state index contributed by atoms with van der Waals surface area (Å²) in [5, 5.41) is 6.20. The number of rotatable bonds is 2. The first-order chi connectivity index (χ1) is 10.2. The van der Waals surface area contributed by atoms with Crippen molar-refractivity contribution in [3.8, 4) is 0 Å². The topological polar surface area (TPSA) is 50.4 Å². The van der Waals surface area contributed by atoms with Crippen LogP contribution < -0.4 is 10.6 Å². The van der Waals surface area contributed by atoms with E-state index in [4.69, 9.17) is 4.74 Å². The second-order valence-corrected chi connectivity index (χ2v) is 5.87. The average Bonchev–Trinajstić information content (AvgIpc) is 2.51. The van der Waals surface area contributed by atoms with Gasteiger partial charge < -0.3 is 15.4 Å². The number of halogens is 2. The van der Waals surface area contributed by atoms with Crippen LogP contribution >= 0.6 is 12.4 Å². The van der Waals surface area contributed by atoms with Crippen LogP contribution in [0.4, 0.5) is 4.39 Å². The molecule has 1 saturated heterocycles. The minimum atomic E-state index is -0.454. The van der Waals surface area contributed by atoms with Crippen LogP contribution in [0.2, 0.25) is 0 Å². The molecule has 1 amide bonds. The van der Waals surface area contributed by atoms with Gasteiger partial charge in [-0.25, -0.2) is 4.39 Å². The van der Waals surface area contributed by atoms with Gasteiger partial charge in [-0.2, -0.15) is 0 Å². The molecule has 122 valence electrons. The summed E-state index contributed by atoms with van der Waals surface area (Å²) in [4.78, 5) is 12.3. The summed E-state index contributed by atoms with van der Waals surface area (Å²) in [5.74, 6) is 0.00481. The van der Waals surface area contributed by atoms with Gasteiger partial charge in [0.25, 0.3) is 5.91 Å². The molecule has 2 aliphatic rings. The molecule has 0 radical (unpaired) electrons. The van der Waals surface area contributed by atoms with E-state index >= 15 is 0 Å². The van der Waals surface area contributed by atoms with Crippen LogP contribution in [0.15, 0.2) is 18.2 Å². The monoisotopic (exact) mass is 328 g/mol. The third kappa shape index (κ3) is 3.42. The van der Waals surface area contributed by atoms with Crippen molar-refractivity contribution in [2.45, 2.75) is 31.9 Å². The van der Waals surface area contributed by atoms with Crippen molar-refractivity contribution in [1.29, 1.82) is 0 Å². The highest BCUT2D eigenvalue weighted by molar-refractivity contribution is 5.85. The number of ether oxygens (including phenoxy) is 1. The molecular weight excluding hydrogens is 307 g/mol. The number of morpholine rings is 1. The van der Waals surface area contributed by atoms with E-state index in [1.807, 2.05) is 6.07 Å². The molecule has 4 nitrogen and oxygen atoms in total. The SMILES string of the molecule is CC1CCc2c(F)cccc2C1NC(=O)C1CNCCO1.Cl. The molecule has 0 bridgehead atoms. The lowest BCUT2D eigenvalue weighted by atomic mass is 9.80. The van der Waals surface area contributed by atoms with Crippen LogP contribution in [0.5, 0.6) is 0 Å². The summed E-state index contributed by atoms with van der Waals surface area (Å²) in [6.07, 6.45) is 1.16. The second-order valence-electron chi connectivity index (χ2n) is 5.87. The third-order valence-corrected chi connectivity index (χ3v) is 4.43. The Bertz CT molecular complexity index is 535. The van der Waals surface area contributed by atoms with Crippen LogP contribution in [0, 0.1) is 11.7 Å². The van der Waals surface area contributed by atoms with Gasteiger partial charge >= 0.3 is 0 Å². The molecule has 1 fully saturated rings. The van der Waals surface area contributed by atoms with Gasteiger partial charge in [0.2, 0.25) is 0 Å². The summed E-state index contributed by atoms with van der Waals surface area (Å²) < 4.78 is 19.4. The predicted molar refractivity (Wildman–Crippen MR) is 84.6 cm³/mol. The molecule has 3 unspecified atom stereocenters. The molecule has 1 aromatic carbocycles. The quantitative estimate of drug-likeness (QED) is 0.873. The number of benzene rings is 1. The standard InChI is InChI=1S/C16H21FN2O2.ClH/c1-10-5-6-11-12(3-2-4-13(11)17)15(10)19-16(20)14-9-18-7-8-21-14;/h2-4,10,14-15,18H,5-9H2,1H3,(H,19,20);1H. The summed E-state index contributed by atoms with van der Waals surface area (Å²) in [6, 6.07) is 4.98. The number of fused-ring (bicyclic) bond motifs is 1. The van der Waals surface area contributed by atoms with Gasteiger partial charge in [0.05, 0.1) is 12.6 Å². The molecule has 0 saturated carbocycles. The number of amides is 1. The molecule has 22 heavy (non-hydrogen) atoms. The predicted octanol–water partition coefficient (Wildman–Crippen LogP) is 1.98. The van der Waals surface area contributed by atoms with Gasteiger partial charge in [0, 0.05) is 13.1 Å². The Labute approximate surface area is 136 Å². The van der Waals surface area contributed by atoms with E-state index in [2.05, 4.69) is 17.6 Å². The fraction of sp³-hybridized carbons (Fsp3) is 0.562. The van der Waals surface area contributed by atoms with E-state index in [9.17, 15) is 9.18 Å². The Morgan fingerprint density at radius 3 is 3.00 bits per heavy atom. The molecule has 3 atom stereocenters. The van der Waals surface area contributed by atoms with Gasteiger partial charge in [-0.05, 0) is 36.0 Å². The highest BCUT2D eigenvalue weighted by Crippen LogP contribution is 2.35. The third-order valence-electron chi connectivity index (χ3n) is 4.43. The summed E-state index contributed by atoms with van der Waals surface area (Å²) in [7, 11) is 0. The molecular formula is C16H22ClFN2O2. The van der Waals surface area contributed by atoms with E-state index in [1.54, 1.807) is 6.07 Å². The first-order valence-electron chi connectivity index (χ1n) is 7.57. The number of carbonyl (C=O) groups excluding carboxylic acids is 1. The van der Waals surface area contributed by atoms with Gasteiger partial charge in [-0.15, -0.1) is 12.4 Å². The minimum Gasteiger partial charge on any atom is -0.366 e. The van der Waals surface area contributed by atoms with Crippen LogP contribution in [0.25, 0.3) is 0 Å². The molecule has 1 heterocycles. The Kier molecular flexibility index (Phi) is 5.78. The van der Waals surface area contributed by atoms with Crippen LogP contribution in [-0.4, -0.2) is 31.7 Å².